The summed E-state index contributed by atoms with van der Waals surface area (Å²) < 4.78 is 12.5. The number of aromatic nitrogens is 1. The summed E-state index contributed by atoms with van der Waals surface area (Å²) in [5.41, 5.74) is 0.0830. The summed E-state index contributed by atoms with van der Waals surface area (Å²) in [6.07, 6.45) is 3.90. The van der Waals surface area contributed by atoms with E-state index in [1.807, 2.05) is 18.2 Å². The fraction of sp³-hybridized carbons (Fsp3) is 0.412. The van der Waals surface area contributed by atoms with Gasteiger partial charge in [0.15, 0.2) is 11.4 Å². The van der Waals surface area contributed by atoms with E-state index in [1.54, 1.807) is 17.2 Å². The van der Waals surface area contributed by atoms with Crippen molar-refractivity contribution in [1.29, 1.82) is 0 Å². The van der Waals surface area contributed by atoms with Crippen LogP contribution >= 0.6 is 0 Å². The van der Waals surface area contributed by atoms with Gasteiger partial charge in [0, 0.05) is 30.1 Å². The van der Waals surface area contributed by atoms with Gasteiger partial charge in [-0.05, 0) is 25.2 Å². The van der Waals surface area contributed by atoms with E-state index in [9.17, 15) is 14.3 Å². The Hall–Kier alpha value is -2.17. The van der Waals surface area contributed by atoms with Crippen LogP contribution in [0, 0.1) is 5.92 Å². The minimum atomic E-state index is -0.355. The summed E-state index contributed by atoms with van der Waals surface area (Å²) >= 11 is 0. The SMILES string of the molecule is O=C(c1ncc2ccccc2c1O)N1CCCC(CCF)C1. The number of alkyl halides is 1. The molecule has 1 fully saturated rings. The number of pyridine rings is 1. The Morgan fingerprint density at radius 3 is 3.05 bits per heavy atom. The van der Waals surface area contributed by atoms with Gasteiger partial charge in [0.05, 0.1) is 6.67 Å². The molecule has 116 valence electrons. The van der Waals surface area contributed by atoms with E-state index >= 15 is 0 Å². The molecule has 1 unspecified atom stereocenters. The van der Waals surface area contributed by atoms with Gasteiger partial charge in [0.2, 0.25) is 0 Å². The molecule has 2 aromatic rings. The van der Waals surface area contributed by atoms with Crippen LogP contribution < -0.4 is 0 Å². The second-order valence-corrected chi connectivity index (χ2v) is 5.78. The summed E-state index contributed by atoms with van der Waals surface area (Å²) in [5, 5.41) is 11.8. The number of fused-ring (bicyclic) bond motifs is 1. The maximum atomic E-state index is 12.6. The lowest BCUT2D eigenvalue weighted by molar-refractivity contribution is 0.0654. The number of benzene rings is 1. The first-order valence-electron chi connectivity index (χ1n) is 7.62. The van der Waals surface area contributed by atoms with Crippen LogP contribution in [0.1, 0.15) is 29.8 Å². The zero-order valence-corrected chi connectivity index (χ0v) is 12.3. The molecule has 0 spiro atoms. The number of carbonyl (C=O) groups is 1. The summed E-state index contributed by atoms with van der Waals surface area (Å²) in [7, 11) is 0. The van der Waals surface area contributed by atoms with Crippen molar-refractivity contribution in [2.24, 2.45) is 5.92 Å². The fourth-order valence-electron chi connectivity index (χ4n) is 3.09. The molecule has 1 saturated heterocycles. The van der Waals surface area contributed by atoms with E-state index in [4.69, 9.17) is 0 Å². The lowest BCUT2D eigenvalue weighted by atomic mass is 9.95. The molecule has 1 aliphatic heterocycles. The van der Waals surface area contributed by atoms with Crippen LogP contribution in [-0.2, 0) is 0 Å². The summed E-state index contributed by atoms with van der Waals surface area (Å²) in [6.45, 7) is 0.818. The van der Waals surface area contributed by atoms with Gasteiger partial charge >= 0.3 is 0 Å². The number of hydrogen-bond acceptors (Lipinski definition) is 3. The molecule has 1 N–H and O–H groups in total. The number of halogens is 1. The van der Waals surface area contributed by atoms with Gasteiger partial charge < -0.3 is 10.0 Å². The monoisotopic (exact) mass is 302 g/mol. The van der Waals surface area contributed by atoms with E-state index in [0.717, 1.165) is 18.2 Å². The predicted molar refractivity (Wildman–Crippen MR) is 82.6 cm³/mol. The highest BCUT2D eigenvalue weighted by Gasteiger charge is 2.27. The molecular weight excluding hydrogens is 283 g/mol. The van der Waals surface area contributed by atoms with Gasteiger partial charge in [0.25, 0.3) is 5.91 Å². The number of likely N-dealkylation sites (tertiary alicyclic amines) is 1. The standard InChI is InChI=1S/C17H19FN2O2/c18-8-7-12-4-3-9-20(11-12)17(22)15-16(21)14-6-2-1-5-13(14)10-19-15/h1-2,5-6,10,12,21H,3-4,7-9,11H2. The second-order valence-electron chi connectivity index (χ2n) is 5.78. The van der Waals surface area contributed by atoms with Crippen molar-refractivity contribution in [3.63, 3.8) is 0 Å². The third kappa shape index (κ3) is 2.75. The Bertz CT molecular complexity index is 687. The second kappa shape index (κ2) is 6.30. The van der Waals surface area contributed by atoms with Crippen LogP contribution in [-0.4, -0.2) is 40.7 Å². The lowest BCUT2D eigenvalue weighted by Crippen LogP contribution is -2.40. The Balaban J connectivity index is 1.87. The highest BCUT2D eigenvalue weighted by Crippen LogP contribution is 2.29. The molecule has 1 atom stereocenters. The zero-order chi connectivity index (χ0) is 15.5. The maximum absolute atomic E-state index is 12.6. The first-order valence-corrected chi connectivity index (χ1v) is 7.62. The number of carbonyl (C=O) groups excluding carboxylic acids is 1. The molecule has 3 rings (SSSR count). The van der Waals surface area contributed by atoms with Crippen molar-refractivity contribution in [3.05, 3.63) is 36.2 Å². The summed E-state index contributed by atoms with van der Waals surface area (Å²) in [6, 6.07) is 7.28. The van der Waals surface area contributed by atoms with Crippen molar-refractivity contribution in [2.75, 3.05) is 19.8 Å². The van der Waals surface area contributed by atoms with E-state index < -0.39 is 0 Å². The summed E-state index contributed by atoms with van der Waals surface area (Å²) in [4.78, 5) is 18.4. The molecule has 5 heteroatoms. The molecule has 22 heavy (non-hydrogen) atoms. The van der Waals surface area contributed by atoms with Crippen LogP contribution in [0.4, 0.5) is 4.39 Å². The molecule has 0 saturated carbocycles. The summed E-state index contributed by atoms with van der Waals surface area (Å²) in [5.74, 6) is -0.146. The van der Waals surface area contributed by atoms with Crippen LogP contribution in [0.2, 0.25) is 0 Å². The van der Waals surface area contributed by atoms with Gasteiger partial charge in [-0.3, -0.25) is 9.18 Å². The Morgan fingerprint density at radius 1 is 1.41 bits per heavy atom. The predicted octanol–water partition coefficient (Wildman–Crippen LogP) is 3.15. The number of piperidine rings is 1. The van der Waals surface area contributed by atoms with Gasteiger partial charge in [-0.2, -0.15) is 0 Å². The van der Waals surface area contributed by atoms with Gasteiger partial charge in [0.1, 0.15) is 0 Å². The minimum Gasteiger partial charge on any atom is -0.505 e. The fourth-order valence-corrected chi connectivity index (χ4v) is 3.09. The van der Waals surface area contributed by atoms with Crippen molar-refractivity contribution >= 4 is 16.7 Å². The third-order valence-electron chi connectivity index (χ3n) is 4.30. The van der Waals surface area contributed by atoms with Gasteiger partial charge in [-0.1, -0.05) is 24.3 Å². The molecule has 1 aromatic carbocycles. The van der Waals surface area contributed by atoms with E-state index in [0.29, 0.717) is 24.9 Å². The quantitative estimate of drug-likeness (QED) is 0.947. The molecule has 0 radical (unpaired) electrons. The zero-order valence-electron chi connectivity index (χ0n) is 12.3. The largest absolute Gasteiger partial charge is 0.505 e. The molecular formula is C17H19FN2O2. The highest BCUT2D eigenvalue weighted by atomic mass is 19.1. The van der Waals surface area contributed by atoms with Gasteiger partial charge in [-0.15, -0.1) is 0 Å². The smallest absolute Gasteiger partial charge is 0.276 e. The van der Waals surface area contributed by atoms with Crippen LogP contribution in [0.15, 0.2) is 30.5 Å². The molecule has 0 bridgehead atoms. The highest BCUT2D eigenvalue weighted by molar-refractivity contribution is 6.01. The van der Waals surface area contributed by atoms with Crippen LogP contribution in [0.3, 0.4) is 0 Å². The van der Waals surface area contributed by atoms with E-state index in [-0.39, 0.29) is 29.9 Å². The van der Waals surface area contributed by atoms with Crippen molar-refractivity contribution < 1.29 is 14.3 Å². The number of hydrogen-bond donors (Lipinski definition) is 1. The molecule has 1 amide bonds. The molecule has 2 heterocycles. The Kier molecular flexibility index (Phi) is 4.22. The molecule has 1 aromatic heterocycles. The molecule has 1 aliphatic rings. The number of nitrogens with zero attached hydrogens (tertiary/aromatic N) is 2. The number of aromatic hydroxyl groups is 1. The minimum absolute atomic E-state index is 0.0734. The average Bonchev–Trinajstić information content (AvgIpc) is 2.55. The van der Waals surface area contributed by atoms with E-state index in [2.05, 4.69) is 4.98 Å². The lowest BCUT2D eigenvalue weighted by Gasteiger charge is -2.32. The molecule has 4 nitrogen and oxygen atoms in total. The number of amides is 1. The topological polar surface area (TPSA) is 53.4 Å². The third-order valence-corrected chi connectivity index (χ3v) is 4.30. The first kappa shape index (κ1) is 14.8. The van der Waals surface area contributed by atoms with E-state index in [1.165, 1.54) is 0 Å². The average molecular weight is 302 g/mol. The maximum Gasteiger partial charge on any atom is 0.276 e. The van der Waals surface area contributed by atoms with Crippen molar-refractivity contribution in [3.8, 4) is 5.75 Å². The van der Waals surface area contributed by atoms with Crippen molar-refractivity contribution in [2.45, 2.75) is 19.3 Å². The Morgan fingerprint density at radius 2 is 2.23 bits per heavy atom. The van der Waals surface area contributed by atoms with Crippen molar-refractivity contribution in [1.82, 2.24) is 9.88 Å². The van der Waals surface area contributed by atoms with Gasteiger partial charge in [-0.25, -0.2) is 4.98 Å². The first-order chi connectivity index (χ1) is 10.7. The van der Waals surface area contributed by atoms with Crippen LogP contribution in [0.25, 0.3) is 10.8 Å². The Labute approximate surface area is 128 Å². The van der Waals surface area contributed by atoms with Crippen LogP contribution in [0.5, 0.6) is 5.75 Å². The normalized spacial score (nSPS) is 18.6. The molecule has 0 aliphatic carbocycles. The number of rotatable bonds is 3.